The Morgan fingerprint density at radius 1 is 1.39 bits per heavy atom. The Kier molecular flexibility index (Phi) is 6.67. The highest BCUT2D eigenvalue weighted by Crippen LogP contribution is 2.12. The molecule has 0 unspecified atom stereocenters. The molecule has 1 aliphatic rings. The molecule has 0 radical (unpaired) electrons. The number of halogens is 2. The van der Waals surface area contributed by atoms with Crippen LogP contribution >= 0.6 is 24.8 Å². The zero-order valence-electron chi connectivity index (χ0n) is 10.6. The lowest BCUT2D eigenvalue weighted by Gasteiger charge is -2.30. The van der Waals surface area contributed by atoms with Gasteiger partial charge < -0.3 is 15.2 Å². The number of nitrogens with zero attached hydrogens (tertiary/aromatic N) is 3. The highest BCUT2D eigenvalue weighted by molar-refractivity contribution is 5.85. The van der Waals surface area contributed by atoms with Gasteiger partial charge in [0.1, 0.15) is 5.82 Å². The number of carbonyl (C=O) groups excluding carboxylic acids is 1. The second-order valence-electron chi connectivity index (χ2n) is 4.57. The van der Waals surface area contributed by atoms with Crippen LogP contribution in [-0.2, 0) is 17.9 Å². The summed E-state index contributed by atoms with van der Waals surface area (Å²) in [5, 5.41) is 0. The smallest absolute Gasteiger partial charge is 0.240 e. The van der Waals surface area contributed by atoms with Gasteiger partial charge in [-0.05, 0) is 5.92 Å². The standard InChI is InChI=1S/C11H18N4O.2ClH/c1-8(2)10(12)11(16)15-6-5-14-4-3-13-9(14)7-15;;/h3-4,8,10H,5-7,12H2,1-2H3;2*1H/t10-;;/m1../s1. The maximum atomic E-state index is 12.0. The number of aromatic nitrogens is 2. The molecule has 0 fully saturated rings. The fraction of sp³-hybridized carbons (Fsp3) is 0.636. The van der Waals surface area contributed by atoms with Crippen LogP contribution in [0.15, 0.2) is 12.4 Å². The monoisotopic (exact) mass is 294 g/mol. The van der Waals surface area contributed by atoms with Crippen molar-refractivity contribution in [3.63, 3.8) is 0 Å². The van der Waals surface area contributed by atoms with E-state index < -0.39 is 6.04 Å². The number of hydrogen-bond acceptors (Lipinski definition) is 3. The number of fused-ring (bicyclic) bond motifs is 1. The van der Waals surface area contributed by atoms with Crippen molar-refractivity contribution in [2.45, 2.75) is 33.0 Å². The number of amides is 1. The van der Waals surface area contributed by atoms with Gasteiger partial charge in [0, 0.05) is 25.5 Å². The average Bonchev–Trinajstić information content (AvgIpc) is 2.73. The molecule has 5 nitrogen and oxygen atoms in total. The first-order valence-electron chi connectivity index (χ1n) is 5.64. The zero-order valence-corrected chi connectivity index (χ0v) is 12.2. The van der Waals surface area contributed by atoms with E-state index in [0.717, 1.165) is 18.9 Å². The molecule has 7 heteroatoms. The molecular formula is C11H20Cl2N4O. The summed E-state index contributed by atoms with van der Waals surface area (Å²) in [6.07, 6.45) is 3.71. The van der Waals surface area contributed by atoms with E-state index in [0.29, 0.717) is 6.54 Å². The molecule has 0 saturated heterocycles. The maximum Gasteiger partial charge on any atom is 0.240 e. The maximum absolute atomic E-state index is 12.0. The topological polar surface area (TPSA) is 64.2 Å². The van der Waals surface area contributed by atoms with Crippen LogP contribution in [0.1, 0.15) is 19.7 Å². The predicted octanol–water partition coefficient (Wildman–Crippen LogP) is 1.05. The van der Waals surface area contributed by atoms with Gasteiger partial charge in [0.2, 0.25) is 5.91 Å². The molecule has 1 atom stereocenters. The Balaban J connectivity index is 0.00000144. The summed E-state index contributed by atoms with van der Waals surface area (Å²) in [5.41, 5.74) is 5.87. The van der Waals surface area contributed by atoms with Crippen molar-refractivity contribution >= 4 is 30.7 Å². The van der Waals surface area contributed by atoms with Crippen LogP contribution in [0.4, 0.5) is 0 Å². The molecule has 1 aromatic rings. The molecule has 0 aromatic carbocycles. The molecule has 2 heterocycles. The van der Waals surface area contributed by atoms with Crippen LogP contribution in [0.5, 0.6) is 0 Å². The molecule has 2 N–H and O–H groups in total. The van der Waals surface area contributed by atoms with E-state index in [9.17, 15) is 4.79 Å². The highest BCUT2D eigenvalue weighted by atomic mass is 35.5. The van der Waals surface area contributed by atoms with Gasteiger partial charge in [-0.15, -0.1) is 24.8 Å². The first-order chi connectivity index (χ1) is 7.59. The molecule has 1 amide bonds. The van der Waals surface area contributed by atoms with Crippen LogP contribution in [0.2, 0.25) is 0 Å². The van der Waals surface area contributed by atoms with Crippen LogP contribution < -0.4 is 5.73 Å². The molecule has 2 rings (SSSR count). The van der Waals surface area contributed by atoms with E-state index in [1.807, 2.05) is 20.0 Å². The first-order valence-corrected chi connectivity index (χ1v) is 5.64. The number of nitrogens with two attached hydrogens (primary N) is 1. The lowest BCUT2D eigenvalue weighted by molar-refractivity contribution is -0.135. The summed E-state index contributed by atoms with van der Waals surface area (Å²) in [4.78, 5) is 18.1. The van der Waals surface area contributed by atoms with Crippen molar-refractivity contribution in [2.24, 2.45) is 11.7 Å². The van der Waals surface area contributed by atoms with Crippen LogP contribution in [0.25, 0.3) is 0 Å². The fourth-order valence-electron chi connectivity index (χ4n) is 1.86. The Hall–Kier alpha value is -0.780. The second-order valence-corrected chi connectivity index (χ2v) is 4.57. The Morgan fingerprint density at radius 2 is 2.06 bits per heavy atom. The lowest BCUT2D eigenvalue weighted by atomic mass is 10.0. The van der Waals surface area contributed by atoms with Gasteiger partial charge >= 0.3 is 0 Å². The largest absolute Gasteiger partial charge is 0.332 e. The fourth-order valence-corrected chi connectivity index (χ4v) is 1.86. The van der Waals surface area contributed by atoms with Crippen LogP contribution in [0.3, 0.4) is 0 Å². The summed E-state index contributed by atoms with van der Waals surface area (Å²) in [7, 11) is 0. The van der Waals surface area contributed by atoms with Crippen molar-refractivity contribution in [2.75, 3.05) is 6.54 Å². The predicted molar refractivity (Wildman–Crippen MR) is 75.0 cm³/mol. The number of hydrogen-bond donors (Lipinski definition) is 1. The molecule has 0 spiro atoms. The van der Waals surface area contributed by atoms with Crippen LogP contribution in [0, 0.1) is 5.92 Å². The third-order valence-corrected chi connectivity index (χ3v) is 3.06. The van der Waals surface area contributed by atoms with E-state index in [1.165, 1.54) is 0 Å². The molecule has 1 aliphatic heterocycles. The third kappa shape index (κ3) is 3.37. The first kappa shape index (κ1) is 17.2. The molecule has 18 heavy (non-hydrogen) atoms. The van der Waals surface area contributed by atoms with Gasteiger partial charge in [-0.3, -0.25) is 4.79 Å². The van der Waals surface area contributed by atoms with E-state index >= 15 is 0 Å². The number of imidazole rings is 1. The van der Waals surface area contributed by atoms with Gasteiger partial charge in [-0.25, -0.2) is 4.98 Å². The van der Waals surface area contributed by atoms with E-state index in [4.69, 9.17) is 5.73 Å². The van der Waals surface area contributed by atoms with Gasteiger partial charge in [-0.2, -0.15) is 0 Å². The second kappa shape index (κ2) is 6.97. The minimum Gasteiger partial charge on any atom is -0.332 e. The SMILES string of the molecule is CC(C)[C@@H](N)C(=O)N1CCn2ccnc2C1.Cl.Cl. The quantitative estimate of drug-likeness (QED) is 0.887. The summed E-state index contributed by atoms with van der Waals surface area (Å²) in [6.45, 7) is 6.04. The Labute approximate surface area is 120 Å². The lowest BCUT2D eigenvalue weighted by Crippen LogP contribution is -2.49. The Bertz CT molecular complexity index is 394. The average molecular weight is 295 g/mol. The zero-order chi connectivity index (χ0) is 11.7. The van der Waals surface area contributed by atoms with Crippen molar-refractivity contribution in [3.8, 4) is 0 Å². The summed E-state index contributed by atoms with van der Waals surface area (Å²) >= 11 is 0. The van der Waals surface area contributed by atoms with Gasteiger partial charge in [0.15, 0.2) is 0 Å². The van der Waals surface area contributed by atoms with Crippen LogP contribution in [-0.4, -0.2) is 32.9 Å². The van der Waals surface area contributed by atoms with Crippen molar-refractivity contribution in [3.05, 3.63) is 18.2 Å². The Morgan fingerprint density at radius 3 is 2.67 bits per heavy atom. The highest BCUT2D eigenvalue weighted by Gasteiger charge is 2.26. The summed E-state index contributed by atoms with van der Waals surface area (Å²) < 4.78 is 2.07. The van der Waals surface area contributed by atoms with Gasteiger partial charge in [0.25, 0.3) is 0 Å². The molecule has 1 aromatic heterocycles. The molecule has 0 saturated carbocycles. The number of carbonyl (C=O) groups is 1. The molecular weight excluding hydrogens is 275 g/mol. The normalized spacial score (nSPS) is 15.4. The van der Waals surface area contributed by atoms with E-state index in [1.54, 1.807) is 11.1 Å². The molecule has 0 bridgehead atoms. The van der Waals surface area contributed by atoms with Crippen molar-refractivity contribution < 1.29 is 4.79 Å². The molecule has 104 valence electrons. The third-order valence-electron chi connectivity index (χ3n) is 3.06. The van der Waals surface area contributed by atoms with Crippen molar-refractivity contribution in [1.29, 1.82) is 0 Å². The number of rotatable bonds is 2. The van der Waals surface area contributed by atoms with Crippen molar-refractivity contribution in [1.82, 2.24) is 14.5 Å². The minimum atomic E-state index is -0.401. The summed E-state index contributed by atoms with van der Waals surface area (Å²) in [6, 6.07) is -0.401. The van der Waals surface area contributed by atoms with E-state index in [2.05, 4.69) is 9.55 Å². The van der Waals surface area contributed by atoms with E-state index in [-0.39, 0.29) is 36.6 Å². The summed E-state index contributed by atoms with van der Waals surface area (Å²) in [5.74, 6) is 1.15. The minimum absolute atomic E-state index is 0. The molecule has 0 aliphatic carbocycles. The van der Waals surface area contributed by atoms with Gasteiger partial charge in [-0.1, -0.05) is 13.8 Å². The van der Waals surface area contributed by atoms with Gasteiger partial charge in [0.05, 0.1) is 12.6 Å².